The van der Waals surface area contributed by atoms with Crippen LogP contribution in [0.1, 0.15) is 33.6 Å². The van der Waals surface area contributed by atoms with Gasteiger partial charge in [0.2, 0.25) is 0 Å². The van der Waals surface area contributed by atoms with Gasteiger partial charge in [-0.2, -0.15) is 0 Å². The van der Waals surface area contributed by atoms with Crippen LogP contribution >= 0.6 is 0 Å². The molecule has 0 spiro atoms. The number of Topliss-reactive ketones (excluding diaryl/α,β-unsaturated/α-hetero) is 1. The molecule has 0 aromatic carbocycles. The summed E-state index contributed by atoms with van der Waals surface area (Å²) in [4.78, 5) is 11.7. The van der Waals surface area contributed by atoms with Crippen molar-refractivity contribution in [2.24, 2.45) is 23.7 Å². The van der Waals surface area contributed by atoms with Crippen molar-refractivity contribution >= 4 is 5.78 Å². The molecule has 0 heterocycles. The molecule has 0 saturated heterocycles. The van der Waals surface area contributed by atoms with Crippen LogP contribution in [0.5, 0.6) is 0 Å². The van der Waals surface area contributed by atoms with E-state index in [2.05, 4.69) is 26.8 Å². The zero-order chi connectivity index (χ0) is 9.59. The predicted octanol–water partition coefficient (Wildman–Crippen LogP) is 2.81. The average Bonchev–Trinajstić information content (AvgIpc) is 2.06. The van der Waals surface area contributed by atoms with Gasteiger partial charge in [0.15, 0.2) is 0 Å². The maximum Gasteiger partial charge on any atom is 0.140 e. The first-order valence-electron chi connectivity index (χ1n) is 5.30. The number of hydrogen-bond donors (Lipinski definition) is 0. The summed E-state index contributed by atoms with van der Waals surface area (Å²) < 4.78 is 0. The molecule has 72 valence electrons. The third-order valence-corrected chi connectivity index (χ3v) is 3.78. The molecular weight excluding hydrogens is 160 g/mol. The molecule has 0 aliphatic heterocycles. The minimum absolute atomic E-state index is 0.255. The number of allylic oxidation sites excluding steroid dienone is 2. The third kappa shape index (κ3) is 1.34. The molecule has 2 bridgehead atoms. The number of carbonyl (C=O) groups is 1. The molecule has 13 heavy (non-hydrogen) atoms. The number of fused-ring (bicyclic) bond motifs is 2. The standard InChI is InChI=1S/C12H18O/c1-7(2)10-5-9-6-12(13)11(10)4-8(9)3/h4,7,9-11H,5-6H2,1-3H3. The lowest BCUT2D eigenvalue weighted by Gasteiger charge is -2.41. The lowest BCUT2D eigenvalue weighted by Crippen LogP contribution is -2.39. The first-order valence-corrected chi connectivity index (χ1v) is 5.30. The second-order valence-electron chi connectivity index (χ2n) is 4.95. The summed E-state index contributed by atoms with van der Waals surface area (Å²) in [5.74, 6) is 2.59. The monoisotopic (exact) mass is 178 g/mol. The van der Waals surface area contributed by atoms with Gasteiger partial charge < -0.3 is 0 Å². The lowest BCUT2D eigenvalue weighted by atomic mass is 9.62. The van der Waals surface area contributed by atoms with Crippen molar-refractivity contribution in [1.29, 1.82) is 0 Å². The molecule has 0 aromatic heterocycles. The number of hydrogen-bond acceptors (Lipinski definition) is 1. The molecule has 1 saturated carbocycles. The Kier molecular flexibility index (Phi) is 2.05. The minimum Gasteiger partial charge on any atom is -0.299 e. The van der Waals surface area contributed by atoms with Crippen molar-refractivity contribution in [1.82, 2.24) is 0 Å². The molecule has 0 N–H and O–H groups in total. The van der Waals surface area contributed by atoms with Crippen molar-refractivity contribution in [2.45, 2.75) is 33.6 Å². The van der Waals surface area contributed by atoms with Crippen LogP contribution < -0.4 is 0 Å². The molecule has 1 fully saturated rings. The highest BCUT2D eigenvalue weighted by Gasteiger charge is 2.41. The van der Waals surface area contributed by atoms with Crippen molar-refractivity contribution in [3.05, 3.63) is 11.6 Å². The summed E-state index contributed by atoms with van der Waals surface area (Å²) in [6.07, 6.45) is 4.29. The van der Waals surface area contributed by atoms with Gasteiger partial charge in [-0.05, 0) is 31.1 Å². The Morgan fingerprint density at radius 1 is 1.46 bits per heavy atom. The van der Waals surface area contributed by atoms with E-state index in [1.54, 1.807) is 0 Å². The molecular formula is C12H18O. The zero-order valence-corrected chi connectivity index (χ0v) is 8.71. The van der Waals surface area contributed by atoms with Crippen LogP contribution in [0, 0.1) is 23.7 Å². The second kappa shape index (κ2) is 2.97. The van der Waals surface area contributed by atoms with E-state index in [1.807, 2.05) is 0 Å². The van der Waals surface area contributed by atoms with Crippen LogP contribution in [0.2, 0.25) is 0 Å². The van der Waals surface area contributed by atoms with Gasteiger partial charge in [0.25, 0.3) is 0 Å². The largest absolute Gasteiger partial charge is 0.299 e. The van der Waals surface area contributed by atoms with E-state index in [9.17, 15) is 4.79 Å². The Labute approximate surface area is 80.2 Å². The summed E-state index contributed by atoms with van der Waals surface area (Å²) in [5.41, 5.74) is 1.46. The van der Waals surface area contributed by atoms with Gasteiger partial charge in [-0.1, -0.05) is 25.5 Å². The number of ketones is 1. The maximum atomic E-state index is 11.7. The smallest absolute Gasteiger partial charge is 0.140 e. The predicted molar refractivity (Wildman–Crippen MR) is 53.3 cm³/mol. The van der Waals surface area contributed by atoms with E-state index in [0.29, 0.717) is 23.5 Å². The third-order valence-electron chi connectivity index (χ3n) is 3.78. The van der Waals surface area contributed by atoms with E-state index in [0.717, 1.165) is 6.42 Å². The van der Waals surface area contributed by atoms with E-state index >= 15 is 0 Å². The molecule has 3 aliphatic carbocycles. The fourth-order valence-electron chi connectivity index (χ4n) is 2.85. The van der Waals surface area contributed by atoms with Gasteiger partial charge >= 0.3 is 0 Å². The first-order chi connectivity index (χ1) is 6.09. The van der Waals surface area contributed by atoms with Gasteiger partial charge in [-0.25, -0.2) is 0 Å². The SMILES string of the molecule is CC1=CC2C(=O)CC1CC2C(C)C. The van der Waals surface area contributed by atoms with Crippen LogP contribution in [-0.2, 0) is 4.79 Å². The average molecular weight is 178 g/mol. The van der Waals surface area contributed by atoms with E-state index in [4.69, 9.17) is 0 Å². The Morgan fingerprint density at radius 2 is 2.15 bits per heavy atom. The van der Waals surface area contributed by atoms with Gasteiger partial charge in [-0.3, -0.25) is 4.79 Å². The van der Waals surface area contributed by atoms with E-state index < -0.39 is 0 Å². The summed E-state index contributed by atoms with van der Waals surface area (Å²) in [6.45, 7) is 6.66. The van der Waals surface area contributed by atoms with Gasteiger partial charge in [0.1, 0.15) is 5.78 Å². The summed E-state index contributed by atoms with van der Waals surface area (Å²) in [6, 6.07) is 0. The minimum atomic E-state index is 0.255. The number of rotatable bonds is 1. The highest BCUT2D eigenvalue weighted by molar-refractivity contribution is 5.86. The van der Waals surface area contributed by atoms with Gasteiger partial charge in [-0.15, -0.1) is 0 Å². The van der Waals surface area contributed by atoms with E-state index in [-0.39, 0.29) is 5.92 Å². The van der Waals surface area contributed by atoms with E-state index in [1.165, 1.54) is 12.0 Å². The lowest BCUT2D eigenvalue weighted by molar-refractivity contribution is -0.127. The Bertz CT molecular complexity index is 262. The Balaban J connectivity index is 2.28. The topological polar surface area (TPSA) is 17.1 Å². The van der Waals surface area contributed by atoms with Crippen molar-refractivity contribution in [2.75, 3.05) is 0 Å². The van der Waals surface area contributed by atoms with Crippen molar-refractivity contribution < 1.29 is 4.79 Å². The van der Waals surface area contributed by atoms with Gasteiger partial charge in [0, 0.05) is 12.3 Å². The molecule has 1 nitrogen and oxygen atoms in total. The fraction of sp³-hybridized carbons (Fsp3) is 0.750. The van der Waals surface area contributed by atoms with Crippen LogP contribution in [0.25, 0.3) is 0 Å². The quantitative estimate of drug-likeness (QED) is 0.564. The highest BCUT2D eigenvalue weighted by Crippen LogP contribution is 2.44. The first kappa shape index (κ1) is 8.98. The molecule has 3 atom stereocenters. The highest BCUT2D eigenvalue weighted by atomic mass is 16.1. The molecule has 0 radical (unpaired) electrons. The van der Waals surface area contributed by atoms with Crippen LogP contribution in [0.15, 0.2) is 11.6 Å². The van der Waals surface area contributed by atoms with Crippen LogP contribution in [0.4, 0.5) is 0 Å². The molecule has 1 heteroatoms. The second-order valence-corrected chi connectivity index (χ2v) is 4.95. The maximum absolute atomic E-state index is 11.7. The normalized spacial score (nSPS) is 38.3. The molecule has 0 aromatic rings. The molecule has 3 aliphatic rings. The number of carbonyl (C=O) groups excluding carboxylic acids is 1. The summed E-state index contributed by atoms with van der Waals surface area (Å²) in [7, 11) is 0. The van der Waals surface area contributed by atoms with Crippen LogP contribution in [0.3, 0.4) is 0 Å². The Morgan fingerprint density at radius 3 is 2.69 bits per heavy atom. The molecule has 3 rings (SSSR count). The Hall–Kier alpha value is -0.590. The zero-order valence-electron chi connectivity index (χ0n) is 8.71. The molecule has 3 unspecified atom stereocenters. The fourth-order valence-corrected chi connectivity index (χ4v) is 2.85. The summed E-state index contributed by atoms with van der Waals surface area (Å²) in [5, 5.41) is 0. The van der Waals surface area contributed by atoms with Crippen molar-refractivity contribution in [3.63, 3.8) is 0 Å². The van der Waals surface area contributed by atoms with Gasteiger partial charge in [0.05, 0.1) is 0 Å². The van der Waals surface area contributed by atoms with Crippen LogP contribution in [-0.4, -0.2) is 5.78 Å². The van der Waals surface area contributed by atoms with Crippen molar-refractivity contribution in [3.8, 4) is 0 Å². The molecule has 0 amide bonds. The summed E-state index contributed by atoms with van der Waals surface area (Å²) >= 11 is 0.